The van der Waals surface area contributed by atoms with Gasteiger partial charge in [0.2, 0.25) is 0 Å². The van der Waals surface area contributed by atoms with Crippen molar-refractivity contribution in [1.29, 1.82) is 0 Å². The van der Waals surface area contributed by atoms with E-state index >= 15 is 0 Å². The molecule has 0 radical (unpaired) electrons. The van der Waals surface area contributed by atoms with Gasteiger partial charge in [-0.05, 0) is 36.4 Å². The number of hydrogen-bond donors (Lipinski definition) is 1. The Hall–Kier alpha value is -4.01. The number of ether oxygens (including phenoxy) is 1. The van der Waals surface area contributed by atoms with Crippen LogP contribution in [0, 0.1) is 0 Å². The summed E-state index contributed by atoms with van der Waals surface area (Å²) in [6.07, 6.45) is 5.19. The molecule has 1 saturated heterocycles. The summed E-state index contributed by atoms with van der Waals surface area (Å²) in [5, 5.41) is 1.42. The van der Waals surface area contributed by atoms with Crippen molar-refractivity contribution in [3.05, 3.63) is 77.7 Å². The standard InChI is InChI=1S/C26H21ClN6O2/c27-20-5-1-4-18-21(6-8-30-23(18)20)33-22-14-17(32-9-11-35-12-10-32)13-19(25(28)34)24(22)31-26(33)16-3-2-7-29-15-16/h1-8,13-15H,9-12H2,(H2,28,34). The Morgan fingerprint density at radius 3 is 2.66 bits per heavy atom. The lowest BCUT2D eigenvalue weighted by atomic mass is 10.1. The summed E-state index contributed by atoms with van der Waals surface area (Å²) in [4.78, 5) is 28.5. The lowest BCUT2D eigenvalue weighted by molar-refractivity contribution is 0.100. The number of para-hydroxylation sites is 1. The van der Waals surface area contributed by atoms with Gasteiger partial charge in [-0.15, -0.1) is 0 Å². The molecule has 1 aliphatic rings. The normalized spacial score (nSPS) is 14.0. The van der Waals surface area contributed by atoms with E-state index in [0.29, 0.717) is 40.7 Å². The average Bonchev–Trinajstić information content (AvgIpc) is 3.28. The molecule has 0 bridgehead atoms. The van der Waals surface area contributed by atoms with Crippen molar-refractivity contribution in [3.63, 3.8) is 0 Å². The predicted octanol–water partition coefficient (Wildman–Crippen LogP) is 4.22. The summed E-state index contributed by atoms with van der Waals surface area (Å²) in [5.41, 5.74) is 10.7. The number of primary amides is 1. The fourth-order valence-electron chi connectivity index (χ4n) is 4.61. The number of halogens is 1. The number of anilines is 1. The van der Waals surface area contributed by atoms with Crippen molar-refractivity contribution in [1.82, 2.24) is 19.5 Å². The first-order valence-corrected chi connectivity index (χ1v) is 11.6. The highest BCUT2D eigenvalue weighted by atomic mass is 35.5. The molecule has 174 valence electrons. The number of carbonyl (C=O) groups is 1. The minimum absolute atomic E-state index is 0.365. The van der Waals surface area contributed by atoms with E-state index < -0.39 is 5.91 Å². The molecule has 2 N–H and O–H groups in total. The predicted molar refractivity (Wildman–Crippen MR) is 136 cm³/mol. The van der Waals surface area contributed by atoms with E-state index in [2.05, 4.69) is 20.9 Å². The zero-order valence-corrected chi connectivity index (χ0v) is 19.4. The molecule has 5 aromatic rings. The van der Waals surface area contributed by atoms with Gasteiger partial charge in [0.1, 0.15) is 11.3 Å². The number of rotatable bonds is 4. The van der Waals surface area contributed by atoms with Gasteiger partial charge in [-0.1, -0.05) is 23.7 Å². The minimum Gasteiger partial charge on any atom is -0.378 e. The van der Waals surface area contributed by atoms with Crippen LogP contribution >= 0.6 is 11.6 Å². The molecular weight excluding hydrogens is 464 g/mol. The van der Waals surface area contributed by atoms with Crippen molar-refractivity contribution in [3.8, 4) is 17.1 Å². The maximum atomic E-state index is 12.6. The van der Waals surface area contributed by atoms with Crippen LogP contribution in [0.5, 0.6) is 0 Å². The number of imidazole rings is 1. The van der Waals surface area contributed by atoms with Gasteiger partial charge in [-0.2, -0.15) is 0 Å². The number of amides is 1. The van der Waals surface area contributed by atoms with Gasteiger partial charge >= 0.3 is 0 Å². The molecule has 35 heavy (non-hydrogen) atoms. The van der Waals surface area contributed by atoms with Gasteiger partial charge in [0.15, 0.2) is 0 Å². The third-order valence-electron chi connectivity index (χ3n) is 6.25. The zero-order chi connectivity index (χ0) is 23.9. The van der Waals surface area contributed by atoms with Crippen LogP contribution in [0.4, 0.5) is 5.69 Å². The average molecular weight is 485 g/mol. The highest BCUT2D eigenvalue weighted by Gasteiger charge is 2.23. The van der Waals surface area contributed by atoms with E-state index in [4.69, 9.17) is 27.1 Å². The Bertz CT molecular complexity index is 1580. The van der Waals surface area contributed by atoms with E-state index in [1.54, 1.807) is 18.6 Å². The van der Waals surface area contributed by atoms with Crippen LogP contribution in [-0.4, -0.2) is 51.7 Å². The fourth-order valence-corrected chi connectivity index (χ4v) is 4.83. The fraction of sp³-hybridized carbons (Fsp3) is 0.154. The van der Waals surface area contributed by atoms with Gasteiger partial charge in [0.05, 0.1) is 40.5 Å². The monoisotopic (exact) mass is 484 g/mol. The van der Waals surface area contributed by atoms with E-state index in [1.807, 2.05) is 47.0 Å². The molecule has 9 heteroatoms. The lowest BCUT2D eigenvalue weighted by Crippen LogP contribution is -2.36. The molecule has 8 nitrogen and oxygen atoms in total. The van der Waals surface area contributed by atoms with Gasteiger partial charge in [0.25, 0.3) is 5.91 Å². The maximum absolute atomic E-state index is 12.6. The smallest absolute Gasteiger partial charge is 0.251 e. The maximum Gasteiger partial charge on any atom is 0.251 e. The van der Waals surface area contributed by atoms with Gasteiger partial charge in [-0.3, -0.25) is 19.3 Å². The second-order valence-electron chi connectivity index (χ2n) is 8.30. The summed E-state index contributed by atoms with van der Waals surface area (Å²) in [6.45, 7) is 2.69. The lowest BCUT2D eigenvalue weighted by Gasteiger charge is -2.29. The molecule has 0 aliphatic carbocycles. The minimum atomic E-state index is -0.532. The van der Waals surface area contributed by atoms with Crippen LogP contribution in [0.25, 0.3) is 39.0 Å². The van der Waals surface area contributed by atoms with Crippen LogP contribution < -0.4 is 10.6 Å². The summed E-state index contributed by atoms with van der Waals surface area (Å²) in [5.74, 6) is 0.109. The molecule has 1 amide bonds. The SMILES string of the molecule is NC(=O)c1cc(N2CCOCC2)cc2c1nc(-c1cccnc1)n2-c1ccnc2c(Cl)cccc12. The third-order valence-corrected chi connectivity index (χ3v) is 6.55. The number of carbonyl (C=O) groups excluding carboxylic acids is 1. The number of pyridine rings is 2. The third kappa shape index (κ3) is 3.67. The quantitative estimate of drug-likeness (QED) is 0.410. The van der Waals surface area contributed by atoms with Gasteiger partial charge < -0.3 is 15.4 Å². The Morgan fingerprint density at radius 1 is 1.03 bits per heavy atom. The topological polar surface area (TPSA) is 99.2 Å². The molecule has 6 rings (SSSR count). The van der Waals surface area contributed by atoms with Gasteiger partial charge in [-0.25, -0.2) is 4.98 Å². The molecule has 3 aromatic heterocycles. The summed E-state index contributed by atoms with van der Waals surface area (Å²) in [6, 6.07) is 15.3. The second kappa shape index (κ2) is 8.65. The molecule has 1 fully saturated rings. The first-order valence-electron chi connectivity index (χ1n) is 11.2. The van der Waals surface area contributed by atoms with Crippen LogP contribution in [0.15, 0.2) is 67.1 Å². The Labute approximate surface area is 205 Å². The van der Waals surface area contributed by atoms with Crippen LogP contribution in [0.3, 0.4) is 0 Å². The Kier molecular flexibility index (Phi) is 5.32. The number of hydrogen-bond acceptors (Lipinski definition) is 6. The van der Waals surface area contributed by atoms with Crippen molar-refractivity contribution in [2.75, 3.05) is 31.2 Å². The van der Waals surface area contributed by atoms with Crippen molar-refractivity contribution in [2.24, 2.45) is 5.73 Å². The van der Waals surface area contributed by atoms with E-state index in [9.17, 15) is 4.79 Å². The van der Waals surface area contributed by atoms with Crippen LogP contribution in [0.1, 0.15) is 10.4 Å². The number of nitrogens with two attached hydrogens (primary N) is 1. The van der Waals surface area contributed by atoms with Gasteiger partial charge in [0, 0.05) is 48.3 Å². The van der Waals surface area contributed by atoms with E-state index in [1.165, 1.54) is 0 Å². The van der Waals surface area contributed by atoms with Crippen molar-refractivity contribution >= 4 is 45.1 Å². The Balaban J connectivity index is 1.72. The Morgan fingerprint density at radius 2 is 1.89 bits per heavy atom. The first kappa shape index (κ1) is 21.5. The number of benzene rings is 2. The molecule has 4 heterocycles. The number of morpholine rings is 1. The summed E-state index contributed by atoms with van der Waals surface area (Å²) in [7, 11) is 0. The van der Waals surface area contributed by atoms with E-state index in [0.717, 1.165) is 40.9 Å². The zero-order valence-electron chi connectivity index (χ0n) is 18.7. The highest BCUT2D eigenvalue weighted by molar-refractivity contribution is 6.35. The molecule has 0 saturated carbocycles. The molecule has 2 aromatic carbocycles. The molecule has 0 atom stereocenters. The number of nitrogens with zero attached hydrogens (tertiary/aromatic N) is 5. The number of aromatic nitrogens is 4. The van der Waals surface area contributed by atoms with Crippen LogP contribution in [-0.2, 0) is 4.74 Å². The molecule has 0 unspecified atom stereocenters. The summed E-state index contributed by atoms with van der Waals surface area (Å²) < 4.78 is 7.55. The van der Waals surface area contributed by atoms with Crippen LogP contribution in [0.2, 0.25) is 5.02 Å². The molecule has 0 spiro atoms. The van der Waals surface area contributed by atoms with E-state index in [-0.39, 0.29) is 0 Å². The molecular formula is C26H21ClN6O2. The first-order chi connectivity index (χ1) is 17.1. The number of fused-ring (bicyclic) bond motifs is 2. The largest absolute Gasteiger partial charge is 0.378 e. The second-order valence-corrected chi connectivity index (χ2v) is 8.71. The highest BCUT2D eigenvalue weighted by Crippen LogP contribution is 2.36. The van der Waals surface area contributed by atoms with Crippen molar-refractivity contribution in [2.45, 2.75) is 0 Å². The van der Waals surface area contributed by atoms with Crippen molar-refractivity contribution < 1.29 is 9.53 Å². The molecule has 1 aliphatic heterocycles. The summed E-state index contributed by atoms with van der Waals surface area (Å²) >= 11 is 6.48.